The van der Waals surface area contributed by atoms with E-state index >= 15 is 0 Å². The van der Waals surface area contributed by atoms with Crippen LogP contribution in [0.4, 0.5) is 0 Å². The molecule has 0 radical (unpaired) electrons. The van der Waals surface area contributed by atoms with Gasteiger partial charge in [0.25, 0.3) is 0 Å². The van der Waals surface area contributed by atoms with Gasteiger partial charge in [0.1, 0.15) is 0 Å². The Kier molecular flexibility index (Phi) is 0.840. The molecule has 0 atom stereocenters. The maximum atomic E-state index is 9.22. The van der Waals surface area contributed by atoms with Crippen molar-refractivity contribution in [2.75, 3.05) is 0 Å². The van der Waals surface area contributed by atoms with Crippen molar-refractivity contribution in [1.82, 2.24) is 0 Å². The summed E-state index contributed by atoms with van der Waals surface area (Å²) in [5.41, 5.74) is 0.319. The van der Waals surface area contributed by atoms with E-state index in [4.69, 9.17) is 0 Å². The van der Waals surface area contributed by atoms with Gasteiger partial charge in [0.15, 0.2) is 0 Å². The second-order valence-electron chi connectivity index (χ2n) is 3.85. The van der Waals surface area contributed by atoms with Gasteiger partial charge in [-0.1, -0.05) is 27.7 Å². The van der Waals surface area contributed by atoms with E-state index in [1.807, 2.05) is 0 Å². The molecule has 0 aliphatic heterocycles. The summed E-state index contributed by atoms with van der Waals surface area (Å²) < 4.78 is 0. The van der Waals surface area contributed by atoms with E-state index in [9.17, 15) is 5.11 Å². The average Bonchev–Trinajstić information content (AvgIpc) is 1.88. The normalized spacial score (nSPS) is 32.6. The molecule has 1 heteroatoms. The van der Waals surface area contributed by atoms with Gasteiger partial charge in [-0.2, -0.15) is 0 Å². The minimum atomic E-state index is -0.0880. The monoisotopic (exact) mass is 114 g/mol. The largest absolute Gasteiger partial charge is 0.392 e. The Morgan fingerprint density at radius 2 is 1.12 bits per heavy atom. The van der Waals surface area contributed by atoms with E-state index in [2.05, 4.69) is 27.7 Å². The van der Waals surface area contributed by atoms with Crippen LogP contribution in [-0.2, 0) is 0 Å². The van der Waals surface area contributed by atoms with E-state index in [0.717, 1.165) is 0 Å². The molecule has 0 unspecified atom stereocenters. The van der Waals surface area contributed by atoms with Crippen molar-refractivity contribution in [2.24, 2.45) is 10.8 Å². The molecule has 0 aromatic heterocycles. The lowest BCUT2D eigenvalue weighted by molar-refractivity contribution is 0.220. The van der Waals surface area contributed by atoms with Gasteiger partial charge in [0.2, 0.25) is 0 Å². The molecule has 0 heterocycles. The fraction of sp³-hybridized carbons (Fsp3) is 1.00. The molecule has 1 rings (SSSR count). The van der Waals surface area contributed by atoms with Crippen LogP contribution in [0.2, 0.25) is 0 Å². The summed E-state index contributed by atoms with van der Waals surface area (Å²) in [6, 6.07) is 0. The number of aliphatic hydroxyl groups is 1. The van der Waals surface area contributed by atoms with Crippen LogP contribution in [0.5, 0.6) is 0 Å². The predicted molar refractivity (Wildman–Crippen MR) is 33.6 cm³/mol. The summed E-state index contributed by atoms with van der Waals surface area (Å²) in [5.74, 6) is 0. The molecule has 0 aromatic carbocycles. The quantitative estimate of drug-likeness (QED) is 0.505. The zero-order valence-corrected chi connectivity index (χ0v) is 6.02. The third-order valence-corrected chi connectivity index (χ3v) is 2.94. The highest BCUT2D eigenvalue weighted by atomic mass is 16.3. The molecule has 1 aliphatic rings. The van der Waals surface area contributed by atoms with Gasteiger partial charge in [0, 0.05) is 0 Å². The average molecular weight is 114 g/mol. The fourth-order valence-corrected chi connectivity index (χ4v) is 1.16. The van der Waals surface area contributed by atoms with Crippen LogP contribution in [0, 0.1) is 10.8 Å². The van der Waals surface area contributed by atoms with E-state index in [1.54, 1.807) is 0 Å². The van der Waals surface area contributed by atoms with Gasteiger partial charge < -0.3 is 5.11 Å². The molecule has 8 heavy (non-hydrogen) atoms. The van der Waals surface area contributed by atoms with Crippen LogP contribution in [0.1, 0.15) is 27.7 Å². The van der Waals surface area contributed by atoms with Crippen molar-refractivity contribution < 1.29 is 5.11 Å². The molecule has 0 amide bonds. The van der Waals surface area contributed by atoms with Crippen molar-refractivity contribution in [3.8, 4) is 0 Å². The Bertz CT molecular complexity index is 99.6. The lowest BCUT2D eigenvalue weighted by Gasteiger charge is -2.02. The van der Waals surface area contributed by atoms with E-state index in [1.165, 1.54) is 0 Å². The van der Waals surface area contributed by atoms with Gasteiger partial charge >= 0.3 is 0 Å². The molecule has 0 saturated heterocycles. The minimum absolute atomic E-state index is 0.0880. The van der Waals surface area contributed by atoms with Crippen molar-refractivity contribution >= 4 is 0 Å². The Labute approximate surface area is 50.7 Å². The third-order valence-electron chi connectivity index (χ3n) is 2.94. The summed E-state index contributed by atoms with van der Waals surface area (Å²) in [6.45, 7) is 8.38. The van der Waals surface area contributed by atoms with Crippen LogP contribution in [0.15, 0.2) is 0 Å². The molecule has 1 nitrogen and oxygen atoms in total. The van der Waals surface area contributed by atoms with Gasteiger partial charge in [-0.05, 0) is 10.8 Å². The Hall–Kier alpha value is -0.0400. The first kappa shape index (κ1) is 6.09. The van der Waals surface area contributed by atoms with Crippen molar-refractivity contribution in [3.63, 3.8) is 0 Å². The topological polar surface area (TPSA) is 20.2 Å². The van der Waals surface area contributed by atoms with Gasteiger partial charge in [-0.15, -0.1) is 0 Å². The molecule has 48 valence electrons. The van der Waals surface area contributed by atoms with Crippen LogP contribution < -0.4 is 0 Å². The number of rotatable bonds is 0. The molecule has 1 fully saturated rings. The first-order valence-electron chi connectivity index (χ1n) is 3.09. The third kappa shape index (κ3) is 0.408. The summed E-state index contributed by atoms with van der Waals surface area (Å²) in [4.78, 5) is 0. The van der Waals surface area contributed by atoms with Gasteiger partial charge in [-0.3, -0.25) is 0 Å². The zero-order valence-electron chi connectivity index (χ0n) is 6.02. The van der Waals surface area contributed by atoms with Crippen LogP contribution in [0.3, 0.4) is 0 Å². The molecule has 0 spiro atoms. The number of hydrogen-bond donors (Lipinski definition) is 1. The van der Waals surface area contributed by atoms with E-state index in [-0.39, 0.29) is 16.9 Å². The molecule has 0 aromatic rings. The summed E-state index contributed by atoms with van der Waals surface area (Å²) in [7, 11) is 0. The molecule has 1 saturated carbocycles. The van der Waals surface area contributed by atoms with Gasteiger partial charge in [0.05, 0.1) is 6.10 Å². The van der Waals surface area contributed by atoms with Crippen molar-refractivity contribution in [3.05, 3.63) is 0 Å². The molecule has 1 aliphatic carbocycles. The van der Waals surface area contributed by atoms with Crippen LogP contribution in [0.25, 0.3) is 0 Å². The van der Waals surface area contributed by atoms with Gasteiger partial charge in [-0.25, -0.2) is 0 Å². The summed E-state index contributed by atoms with van der Waals surface area (Å²) >= 11 is 0. The lowest BCUT2D eigenvalue weighted by Crippen LogP contribution is -1.95. The molecular weight excluding hydrogens is 100 g/mol. The van der Waals surface area contributed by atoms with Crippen LogP contribution in [-0.4, -0.2) is 11.2 Å². The second kappa shape index (κ2) is 1.10. The predicted octanol–water partition coefficient (Wildman–Crippen LogP) is 1.41. The molecule has 0 bridgehead atoms. The summed E-state index contributed by atoms with van der Waals surface area (Å²) in [6.07, 6.45) is -0.0880. The van der Waals surface area contributed by atoms with Crippen LogP contribution >= 0.6 is 0 Å². The number of hydrogen-bond acceptors (Lipinski definition) is 1. The minimum Gasteiger partial charge on any atom is -0.392 e. The fourth-order valence-electron chi connectivity index (χ4n) is 1.16. The van der Waals surface area contributed by atoms with E-state index in [0.29, 0.717) is 0 Å². The Morgan fingerprint density at radius 3 is 1.12 bits per heavy atom. The standard InChI is InChI=1S/C7H14O/c1-6(2)5(8)7(6,3)4/h5,8H,1-4H3. The lowest BCUT2D eigenvalue weighted by atomic mass is 10.0. The Morgan fingerprint density at radius 1 is 1.00 bits per heavy atom. The molecule has 1 N–H and O–H groups in total. The second-order valence-corrected chi connectivity index (χ2v) is 3.85. The highest BCUT2D eigenvalue weighted by Gasteiger charge is 2.64. The van der Waals surface area contributed by atoms with Crippen molar-refractivity contribution in [1.29, 1.82) is 0 Å². The maximum Gasteiger partial charge on any atom is 0.0654 e. The maximum absolute atomic E-state index is 9.22. The highest BCUT2D eigenvalue weighted by Crippen LogP contribution is 2.62. The number of aliphatic hydroxyl groups excluding tert-OH is 1. The SMILES string of the molecule is CC1(C)C(O)C1(C)C. The van der Waals surface area contributed by atoms with E-state index < -0.39 is 0 Å². The zero-order chi connectivity index (χ0) is 6.58. The Balaban J connectivity index is 2.72. The van der Waals surface area contributed by atoms with Crippen molar-refractivity contribution in [2.45, 2.75) is 33.8 Å². The summed E-state index contributed by atoms with van der Waals surface area (Å²) in [5, 5.41) is 9.22. The first-order chi connectivity index (χ1) is 3.40. The molecular formula is C7H14O. The highest BCUT2D eigenvalue weighted by molar-refractivity contribution is 5.13. The first-order valence-corrected chi connectivity index (χ1v) is 3.09. The smallest absolute Gasteiger partial charge is 0.0654 e.